The third kappa shape index (κ3) is 4.11. The van der Waals surface area contributed by atoms with E-state index in [1.54, 1.807) is 14.0 Å². The second kappa shape index (κ2) is 6.25. The van der Waals surface area contributed by atoms with Crippen molar-refractivity contribution in [3.05, 3.63) is 23.8 Å². The Balaban J connectivity index is 3.13. The SMILES string of the molecule is CCC(=O)N(C)Cc1cc(S(=O)(=O)Cl)ccc1OC. The molecular formula is C12H16ClNO4S. The van der Waals surface area contributed by atoms with Gasteiger partial charge in [0.1, 0.15) is 5.75 Å². The van der Waals surface area contributed by atoms with E-state index in [9.17, 15) is 13.2 Å². The van der Waals surface area contributed by atoms with Gasteiger partial charge in [-0.1, -0.05) is 6.92 Å². The van der Waals surface area contributed by atoms with Crippen LogP contribution in [-0.4, -0.2) is 33.4 Å². The summed E-state index contributed by atoms with van der Waals surface area (Å²) in [6, 6.07) is 4.31. The number of rotatable bonds is 5. The summed E-state index contributed by atoms with van der Waals surface area (Å²) in [4.78, 5) is 13.0. The van der Waals surface area contributed by atoms with Gasteiger partial charge in [-0.2, -0.15) is 0 Å². The Bertz CT molecular complexity index is 571. The van der Waals surface area contributed by atoms with Gasteiger partial charge in [-0.3, -0.25) is 4.79 Å². The van der Waals surface area contributed by atoms with Crippen LogP contribution >= 0.6 is 10.7 Å². The van der Waals surface area contributed by atoms with Crippen molar-refractivity contribution in [3.63, 3.8) is 0 Å². The van der Waals surface area contributed by atoms with Crippen LogP contribution in [0, 0.1) is 0 Å². The van der Waals surface area contributed by atoms with E-state index in [-0.39, 0.29) is 17.3 Å². The van der Waals surface area contributed by atoms with Crippen LogP contribution in [0.5, 0.6) is 5.75 Å². The topological polar surface area (TPSA) is 63.7 Å². The van der Waals surface area contributed by atoms with E-state index in [1.807, 2.05) is 0 Å². The highest BCUT2D eigenvalue weighted by molar-refractivity contribution is 8.13. The van der Waals surface area contributed by atoms with E-state index in [0.29, 0.717) is 17.7 Å². The molecule has 0 radical (unpaired) electrons. The summed E-state index contributed by atoms with van der Waals surface area (Å²) in [7, 11) is 4.63. The average molecular weight is 306 g/mol. The number of carbonyl (C=O) groups is 1. The predicted octanol–water partition coefficient (Wildman–Crippen LogP) is 1.99. The summed E-state index contributed by atoms with van der Waals surface area (Å²) in [5.74, 6) is 0.473. The molecule has 0 fully saturated rings. The van der Waals surface area contributed by atoms with Crippen LogP contribution in [0.25, 0.3) is 0 Å². The van der Waals surface area contributed by atoms with Crippen molar-refractivity contribution in [1.29, 1.82) is 0 Å². The number of ether oxygens (including phenoxy) is 1. The molecule has 0 aliphatic carbocycles. The molecule has 0 saturated heterocycles. The van der Waals surface area contributed by atoms with Crippen LogP contribution in [0.2, 0.25) is 0 Å². The molecule has 0 heterocycles. The summed E-state index contributed by atoms with van der Waals surface area (Å²) < 4.78 is 27.8. The Kier molecular flexibility index (Phi) is 5.20. The minimum absolute atomic E-state index is 0.0117. The fourth-order valence-corrected chi connectivity index (χ4v) is 2.45. The second-order valence-electron chi connectivity index (χ2n) is 4.01. The molecule has 0 bridgehead atoms. The van der Waals surface area contributed by atoms with Crippen molar-refractivity contribution >= 4 is 25.6 Å². The molecule has 7 heteroatoms. The number of nitrogens with zero attached hydrogens (tertiary/aromatic N) is 1. The maximum atomic E-state index is 11.5. The molecule has 0 atom stereocenters. The van der Waals surface area contributed by atoms with E-state index in [2.05, 4.69) is 0 Å². The molecule has 0 aliphatic rings. The molecule has 1 aromatic carbocycles. The summed E-state index contributed by atoms with van der Waals surface area (Å²) in [5, 5.41) is 0. The van der Waals surface area contributed by atoms with Crippen LogP contribution in [0.15, 0.2) is 23.1 Å². The van der Waals surface area contributed by atoms with Gasteiger partial charge in [0.25, 0.3) is 9.05 Å². The molecule has 1 rings (SSSR count). The fourth-order valence-electron chi connectivity index (χ4n) is 1.64. The Morgan fingerprint density at radius 1 is 1.42 bits per heavy atom. The minimum Gasteiger partial charge on any atom is -0.496 e. The highest BCUT2D eigenvalue weighted by Gasteiger charge is 2.16. The summed E-state index contributed by atoms with van der Waals surface area (Å²) in [6.45, 7) is 2.02. The van der Waals surface area contributed by atoms with Gasteiger partial charge in [-0.25, -0.2) is 8.42 Å². The molecule has 1 amide bonds. The van der Waals surface area contributed by atoms with Gasteiger partial charge < -0.3 is 9.64 Å². The molecule has 0 aliphatic heterocycles. The summed E-state index contributed by atoms with van der Waals surface area (Å²) in [6.07, 6.45) is 0.381. The zero-order valence-corrected chi connectivity index (χ0v) is 12.6. The quantitative estimate of drug-likeness (QED) is 0.780. The maximum Gasteiger partial charge on any atom is 0.261 e. The van der Waals surface area contributed by atoms with Crippen molar-refractivity contribution in [2.75, 3.05) is 14.2 Å². The van der Waals surface area contributed by atoms with Crippen molar-refractivity contribution < 1.29 is 17.9 Å². The normalized spacial score (nSPS) is 11.2. The lowest BCUT2D eigenvalue weighted by atomic mass is 10.2. The second-order valence-corrected chi connectivity index (χ2v) is 6.58. The molecule has 0 unspecified atom stereocenters. The van der Waals surface area contributed by atoms with Crippen LogP contribution in [-0.2, 0) is 20.4 Å². The molecule has 0 N–H and O–H groups in total. The van der Waals surface area contributed by atoms with Crippen LogP contribution in [0.3, 0.4) is 0 Å². The van der Waals surface area contributed by atoms with E-state index < -0.39 is 9.05 Å². The lowest BCUT2D eigenvalue weighted by Gasteiger charge is -2.18. The average Bonchev–Trinajstić information content (AvgIpc) is 2.36. The number of benzene rings is 1. The number of amides is 1. The smallest absolute Gasteiger partial charge is 0.261 e. The summed E-state index contributed by atoms with van der Waals surface area (Å²) in [5.41, 5.74) is 0.591. The maximum absolute atomic E-state index is 11.5. The van der Waals surface area contributed by atoms with Crippen molar-refractivity contribution in [2.45, 2.75) is 24.8 Å². The Morgan fingerprint density at radius 3 is 2.53 bits per heavy atom. The number of methoxy groups -OCH3 is 1. The van der Waals surface area contributed by atoms with Gasteiger partial charge in [0, 0.05) is 36.3 Å². The van der Waals surface area contributed by atoms with E-state index in [0.717, 1.165) is 0 Å². The lowest BCUT2D eigenvalue weighted by Crippen LogP contribution is -2.25. The predicted molar refractivity (Wildman–Crippen MR) is 72.8 cm³/mol. The molecular weight excluding hydrogens is 290 g/mol. The molecule has 0 aromatic heterocycles. The first kappa shape index (κ1) is 15.8. The fraction of sp³-hybridized carbons (Fsp3) is 0.417. The van der Waals surface area contributed by atoms with Gasteiger partial charge in [0.05, 0.1) is 12.0 Å². The highest BCUT2D eigenvalue weighted by Crippen LogP contribution is 2.25. The van der Waals surface area contributed by atoms with Crippen LogP contribution in [0.4, 0.5) is 0 Å². The van der Waals surface area contributed by atoms with Gasteiger partial charge in [-0.05, 0) is 18.2 Å². The Labute approximate surface area is 117 Å². The van der Waals surface area contributed by atoms with Crippen molar-refractivity contribution in [3.8, 4) is 5.75 Å². The highest BCUT2D eigenvalue weighted by atomic mass is 35.7. The van der Waals surface area contributed by atoms with Crippen LogP contribution < -0.4 is 4.74 Å². The largest absolute Gasteiger partial charge is 0.496 e. The van der Waals surface area contributed by atoms with Crippen molar-refractivity contribution in [1.82, 2.24) is 4.90 Å². The van der Waals surface area contributed by atoms with Crippen molar-refractivity contribution in [2.24, 2.45) is 0 Å². The first-order valence-corrected chi connectivity index (χ1v) is 7.96. The lowest BCUT2D eigenvalue weighted by molar-refractivity contribution is -0.130. The molecule has 1 aromatic rings. The van der Waals surface area contributed by atoms with Gasteiger partial charge in [0.2, 0.25) is 5.91 Å². The number of carbonyl (C=O) groups excluding carboxylic acids is 1. The Morgan fingerprint density at radius 2 is 2.05 bits per heavy atom. The zero-order chi connectivity index (χ0) is 14.6. The number of halogens is 1. The van der Waals surface area contributed by atoms with E-state index >= 15 is 0 Å². The number of hydrogen-bond donors (Lipinski definition) is 0. The standard InChI is InChI=1S/C12H16ClNO4S/c1-4-12(15)14(2)8-9-7-10(19(13,16)17)5-6-11(9)18-3/h5-7H,4,8H2,1-3H3. The van der Waals surface area contributed by atoms with Gasteiger partial charge in [-0.15, -0.1) is 0 Å². The third-order valence-electron chi connectivity index (χ3n) is 2.67. The van der Waals surface area contributed by atoms with Crippen LogP contribution in [0.1, 0.15) is 18.9 Å². The first-order valence-electron chi connectivity index (χ1n) is 5.65. The molecule has 106 valence electrons. The summed E-state index contributed by atoms with van der Waals surface area (Å²) >= 11 is 0. The molecule has 19 heavy (non-hydrogen) atoms. The van der Waals surface area contributed by atoms with Gasteiger partial charge >= 0.3 is 0 Å². The molecule has 5 nitrogen and oxygen atoms in total. The molecule has 0 saturated carbocycles. The van der Waals surface area contributed by atoms with E-state index in [4.69, 9.17) is 15.4 Å². The third-order valence-corrected chi connectivity index (χ3v) is 4.02. The van der Waals surface area contributed by atoms with Gasteiger partial charge in [0.15, 0.2) is 0 Å². The number of hydrogen-bond acceptors (Lipinski definition) is 4. The van der Waals surface area contributed by atoms with E-state index in [1.165, 1.54) is 30.2 Å². The zero-order valence-electron chi connectivity index (χ0n) is 11.0. The monoisotopic (exact) mass is 305 g/mol. The Hall–Kier alpha value is -1.27. The minimum atomic E-state index is -3.80. The molecule has 0 spiro atoms. The first-order chi connectivity index (χ1) is 8.79.